The predicted molar refractivity (Wildman–Crippen MR) is 156 cm³/mol. The summed E-state index contributed by atoms with van der Waals surface area (Å²) < 4.78 is 19.1. The first kappa shape index (κ1) is 27.7. The van der Waals surface area contributed by atoms with Gasteiger partial charge in [-0.3, -0.25) is 9.47 Å². The number of nitrogens with zero attached hydrogens (tertiary/aromatic N) is 7. The minimum absolute atomic E-state index is 0.102. The number of hydrogen-bond acceptors (Lipinski definition) is 10. The van der Waals surface area contributed by atoms with Crippen LogP contribution in [0.1, 0.15) is 39.1 Å². The Morgan fingerprint density at radius 2 is 1.74 bits per heavy atom. The first-order valence-corrected chi connectivity index (χ1v) is 14.1. The van der Waals surface area contributed by atoms with Crippen LogP contribution in [0.4, 0.5) is 11.5 Å². The third-order valence-corrected chi connectivity index (χ3v) is 7.71. The number of piperazine rings is 1. The van der Waals surface area contributed by atoms with Gasteiger partial charge >= 0.3 is 11.8 Å². The lowest BCUT2D eigenvalue weighted by Crippen LogP contribution is -2.46. The highest BCUT2D eigenvalue weighted by Gasteiger charge is 2.41. The van der Waals surface area contributed by atoms with Gasteiger partial charge in [0.25, 0.3) is 0 Å². The molecule has 0 N–H and O–H groups in total. The Morgan fingerprint density at radius 3 is 2.38 bits per heavy atom. The number of anilines is 1. The number of hydrogen-bond donors (Lipinski definition) is 0. The molecular weight excluding hydrogens is 538 g/mol. The third kappa shape index (κ3) is 5.94. The van der Waals surface area contributed by atoms with Crippen LogP contribution in [-0.2, 0) is 18.5 Å². The molecule has 1 atom stereocenters. The lowest BCUT2D eigenvalue weighted by atomic mass is 9.87. The van der Waals surface area contributed by atoms with E-state index in [9.17, 15) is 10.1 Å². The molecule has 0 radical (unpaired) electrons. The van der Waals surface area contributed by atoms with Crippen molar-refractivity contribution in [1.29, 1.82) is 0 Å². The number of nitro groups is 1. The maximum Gasteiger partial charge on any atom is 0.415 e. The second kappa shape index (κ2) is 10.8. The Labute approximate surface area is 244 Å². The van der Waals surface area contributed by atoms with Crippen LogP contribution in [0.15, 0.2) is 59.3 Å². The van der Waals surface area contributed by atoms with E-state index in [-0.39, 0.29) is 17.2 Å². The van der Waals surface area contributed by atoms with Crippen molar-refractivity contribution in [3.05, 3.63) is 76.3 Å². The number of benzene rings is 2. The summed E-state index contributed by atoms with van der Waals surface area (Å²) in [5.74, 6) is 1.76. The zero-order valence-corrected chi connectivity index (χ0v) is 24.3. The second-order valence-corrected chi connectivity index (χ2v) is 12.2. The molecule has 4 heterocycles. The summed E-state index contributed by atoms with van der Waals surface area (Å²) in [7, 11) is 0. The van der Waals surface area contributed by atoms with Crippen molar-refractivity contribution in [3.8, 4) is 23.1 Å². The first-order chi connectivity index (χ1) is 20.0. The van der Waals surface area contributed by atoms with Gasteiger partial charge in [0.2, 0.25) is 11.7 Å². The van der Waals surface area contributed by atoms with Crippen LogP contribution in [0.3, 0.4) is 0 Å². The average molecular weight is 574 g/mol. The van der Waals surface area contributed by atoms with Crippen LogP contribution in [0.2, 0.25) is 0 Å². The smallest absolute Gasteiger partial charge is 0.415 e. The highest BCUT2D eigenvalue weighted by atomic mass is 16.6. The van der Waals surface area contributed by atoms with Gasteiger partial charge in [0, 0.05) is 42.4 Å². The molecule has 2 aromatic carbocycles. The monoisotopic (exact) mass is 573 g/mol. The Kier molecular flexibility index (Phi) is 7.09. The van der Waals surface area contributed by atoms with Gasteiger partial charge in [0.1, 0.15) is 18.6 Å². The van der Waals surface area contributed by atoms with Crippen molar-refractivity contribution in [1.82, 2.24) is 24.6 Å². The van der Waals surface area contributed by atoms with Crippen molar-refractivity contribution in [2.24, 2.45) is 0 Å². The molecule has 0 bridgehead atoms. The molecular formula is C30H35N7O5. The topological polar surface area (TPSA) is 125 Å². The fourth-order valence-corrected chi connectivity index (χ4v) is 5.26. The van der Waals surface area contributed by atoms with Gasteiger partial charge in [-0.2, -0.15) is 4.98 Å². The van der Waals surface area contributed by atoms with E-state index in [1.807, 2.05) is 19.1 Å². The molecule has 42 heavy (non-hydrogen) atoms. The zero-order chi connectivity index (χ0) is 29.5. The normalized spacial score (nSPS) is 19.0. The molecule has 0 unspecified atom stereocenters. The van der Waals surface area contributed by atoms with Crippen LogP contribution >= 0.6 is 0 Å². The largest absolute Gasteiger partial charge is 0.489 e. The molecule has 1 saturated heterocycles. The van der Waals surface area contributed by atoms with E-state index in [1.54, 1.807) is 4.57 Å². The summed E-state index contributed by atoms with van der Waals surface area (Å²) in [5.41, 5.74) is 2.82. The summed E-state index contributed by atoms with van der Waals surface area (Å²) in [6, 6.07) is 16.6. The molecule has 2 aliphatic rings. The molecule has 1 fully saturated rings. The fourth-order valence-electron chi connectivity index (χ4n) is 5.26. The number of rotatable bonds is 8. The average Bonchev–Trinajstić information content (AvgIpc) is 3.67. The SMILES string of the molecule is CC(C)(C)c1ccc(-c2noc(CN3CCN(c4ccc(OC[C@@]5(C)Cn6cc([N+](=O)[O-])nc6O5)cc4)CC3)n2)cc1. The molecule has 2 aliphatic heterocycles. The minimum Gasteiger partial charge on any atom is -0.489 e. The summed E-state index contributed by atoms with van der Waals surface area (Å²) in [4.78, 5) is 23.6. The van der Waals surface area contributed by atoms with E-state index >= 15 is 0 Å². The minimum atomic E-state index is -0.650. The molecule has 220 valence electrons. The highest BCUT2D eigenvalue weighted by molar-refractivity contribution is 5.55. The van der Waals surface area contributed by atoms with Crippen molar-refractivity contribution in [3.63, 3.8) is 0 Å². The molecule has 0 aliphatic carbocycles. The van der Waals surface area contributed by atoms with Crippen LogP contribution in [-0.4, -0.2) is 67.9 Å². The van der Waals surface area contributed by atoms with Crippen LogP contribution in [0.5, 0.6) is 11.8 Å². The van der Waals surface area contributed by atoms with Crippen LogP contribution in [0.25, 0.3) is 11.4 Å². The third-order valence-electron chi connectivity index (χ3n) is 7.71. The standard InChI is InChI=1S/C30H35N7O5/c1-29(2,3)22-7-5-21(6-8-22)27-32-26(42-33-27)18-34-13-15-35(16-14-34)23-9-11-24(12-10-23)40-20-30(4)19-36-17-25(37(38)39)31-28(36)41-30/h5-12,17H,13-16,18-20H2,1-4H3/t30-/m1/s1. The summed E-state index contributed by atoms with van der Waals surface area (Å²) in [5, 5.41) is 15.1. The van der Waals surface area contributed by atoms with E-state index < -0.39 is 10.5 Å². The molecule has 0 spiro atoms. The molecule has 12 nitrogen and oxygen atoms in total. The zero-order valence-electron chi connectivity index (χ0n) is 24.3. The van der Waals surface area contributed by atoms with E-state index in [4.69, 9.17) is 14.0 Å². The predicted octanol–water partition coefficient (Wildman–Crippen LogP) is 4.69. The van der Waals surface area contributed by atoms with Crippen molar-refractivity contribution in [2.45, 2.75) is 51.8 Å². The molecule has 6 rings (SSSR count). The molecule has 0 amide bonds. The van der Waals surface area contributed by atoms with Gasteiger partial charge in [-0.25, -0.2) is 0 Å². The number of fused-ring (bicyclic) bond motifs is 1. The quantitative estimate of drug-likeness (QED) is 0.216. The maximum atomic E-state index is 10.9. The summed E-state index contributed by atoms with van der Waals surface area (Å²) >= 11 is 0. The second-order valence-electron chi connectivity index (χ2n) is 12.2. The molecule has 4 aromatic rings. The van der Waals surface area contributed by atoms with E-state index in [2.05, 4.69) is 82.1 Å². The highest BCUT2D eigenvalue weighted by Crippen LogP contribution is 2.32. The van der Waals surface area contributed by atoms with E-state index in [1.165, 1.54) is 11.8 Å². The van der Waals surface area contributed by atoms with E-state index in [0.29, 0.717) is 31.4 Å². The molecule has 12 heteroatoms. The van der Waals surface area contributed by atoms with Gasteiger partial charge < -0.3 is 29.0 Å². The Balaban J connectivity index is 0.969. The van der Waals surface area contributed by atoms with Crippen molar-refractivity contribution < 1.29 is 18.9 Å². The van der Waals surface area contributed by atoms with Gasteiger partial charge in [0.15, 0.2) is 5.60 Å². The maximum absolute atomic E-state index is 10.9. The fraction of sp³-hybridized carbons (Fsp3) is 0.433. The number of ether oxygens (including phenoxy) is 2. The van der Waals surface area contributed by atoms with Crippen LogP contribution < -0.4 is 14.4 Å². The molecule has 2 aromatic heterocycles. The van der Waals surface area contributed by atoms with Gasteiger partial charge in [-0.15, -0.1) is 0 Å². The summed E-state index contributed by atoms with van der Waals surface area (Å²) in [6.45, 7) is 13.4. The van der Waals surface area contributed by atoms with Crippen molar-refractivity contribution in [2.75, 3.05) is 37.7 Å². The Bertz CT molecular complexity index is 1520. The number of imidazole rings is 1. The first-order valence-electron chi connectivity index (χ1n) is 14.1. The van der Waals surface area contributed by atoms with Gasteiger partial charge in [-0.05, 0) is 47.1 Å². The lowest BCUT2D eigenvalue weighted by Gasteiger charge is -2.35. The van der Waals surface area contributed by atoms with E-state index in [0.717, 1.165) is 43.2 Å². The Hall–Kier alpha value is -4.45. The van der Waals surface area contributed by atoms with Gasteiger partial charge in [0.05, 0.1) is 13.1 Å². The van der Waals surface area contributed by atoms with Crippen LogP contribution in [0, 0.1) is 10.1 Å². The number of aromatic nitrogens is 4. The Morgan fingerprint density at radius 1 is 1.02 bits per heavy atom. The van der Waals surface area contributed by atoms with Gasteiger partial charge in [-0.1, -0.05) is 50.2 Å². The van der Waals surface area contributed by atoms with Crippen molar-refractivity contribution >= 4 is 11.5 Å². The molecule has 0 saturated carbocycles. The summed E-state index contributed by atoms with van der Waals surface area (Å²) in [6.07, 6.45) is 1.39. The lowest BCUT2D eigenvalue weighted by molar-refractivity contribution is -0.389.